The van der Waals surface area contributed by atoms with Crippen LogP contribution in [-0.4, -0.2) is 46.9 Å². The Hall–Kier alpha value is -2.96. The lowest BCUT2D eigenvalue weighted by Crippen LogP contribution is -2.46. The van der Waals surface area contributed by atoms with Gasteiger partial charge in [0.25, 0.3) is 0 Å². The van der Waals surface area contributed by atoms with Gasteiger partial charge in [0.05, 0.1) is 25.2 Å². The number of amides is 1. The van der Waals surface area contributed by atoms with E-state index in [0.717, 1.165) is 57.8 Å². The minimum Gasteiger partial charge on any atom is -0.462 e. The molecule has 0 saturated heterocycles. The fourth-order valence-electron chi connectivity index (χ4n) is 8.35. The summed E-state index contributed by atoms with van der Waals surface area (Å²) in [7, 11) is 0. The quantitative estimate of drug-likeness (QED) is 0.0244. The molecule has 0 fully saturated rings. The van der Waals surface area contributed by atoms with Crippen molar-refractivity contribution in [3.8, 4) is 0 Å². The number of hydrogen-bond donors (Lipinski definition) is 3. The molecule has 3 N–H and O–H groups in total. The van der Waals surface area contributed by atoms with E-state index in [0.29, 0.717) is 19.3 Å². The highest BCUT2D eigenvalue weighted by Crippen LogP contribution is 2.17. The summed E-state index contributed by atoms with van der Waals surface area (Å²) in [6, 6.07) is -0.731. The van der Waals surface area contributed by atoms with E-state index < -0.39 is 18.2 Å². The number of hydrogen-bond acceptors (Lipinski definition) is 5. The average molecular weight is 935 g/mol. The Morgan fingerprint density at radius 1 is 0.448 bits per heavy atom. The van der Waals surface area contributed by atoms with Crippen molar-refractivity contribution in [3.63, 3.8) is 0 Å². The molecular weight excluding hydrogens is 827 g/mol. The molecule has 0 aliphatic heterocycles. The topological polar surface area (TPSA) is 95.9 Å². The van der Waals surface area contributed by atoms with Crippen molar-refractivity contribution < 1.29 is 24.5 Å². The number of carbonyl (C=O) groups excluding carboxylic acids is 2. The smallest absolute Gasteiger partial charge is 0.306 e. The lowest BCUT2D eigenvalue weighted by atomic mass is 10.0. The van der Waals surface area contributed by atoms with E-state index in [1.54, 1.807) is 0 Å². The molecule has 0 heterocycles. The second-order valence-electron chi connectivity index (χ2n) is 19.1. The Balaban J connectivity index is 4.66. The van der Waals surface area contributed by atoms with Gasteiger partial charge in [0.1, 0.15) is 6.10 Å². The van der Waals surface area contributed by atoms with Crippen LogP contribution >= 0.6 is 0 Å². The molecule has 0 bridgehead atoms. The van der Waals surface area contributed by atoms with E-state index in [2.05, 4.69) is 50.4 Å². The Kier molecular flexibility index (Phi) is 51.6. The van der Waals surface area contributed by atoms with Crippen molar-refractivity contribution in [1.29, 1.82) is 0 Å². The first-order valence-corrected chi connectivity index (χ1v) is 28.4. The van der Waals surface area contributed by atoms with Crippen LogP contribution in [0.25, 0.3) is 0 Å². The number of aliphatic hydroxyl groups is 2. The molecular formula is C61H107NO5. The fraction of sp³-hybridized carbons (Fsp3) is 0.738. The summed E-state index contributed by atoms with van der Waals surface area (Å²) < 4.78 is 5.92. The van der Waals surface area contributed by atoms with Crippen molar-refractivity contribution in [2.45, 2.75) is 283 Å². The molecule has 0 aromatic rings. The third-order valence-corrected chi connectivity index (χ3v) is 12.6. The van der Waals surface area contributed by atoms with Crippen LogP contribution in [0.3, 0.4) is 0 Å². The van der Waals surface area contributed by atoms with Gasteiger partial charge < -0.3 is 20.3 Å². The normalized spacial score (nSPS) is 13.8. The molecule has 1 amide bonds. The van der Waals surface area contributed by atoms with Crippen LogP contribution in [-0.2, 0) is 14.3 Å². The predicted octanol–water partition coefficient (Wildman–Crippen LogP) is 17.5. The van der Waals surface area contributed by atoms with Crippen molar-refractivity contribution in [2.24, 2.45) is 0 Å². The second-order valence-corrected chi connectivity index (χ2v) is 19.1. The van der Waals surface area contributed by atoms with Gasteiger partial charge in [-0.1, -0.05) is 273 Å². The van der Waals surface area contributed by atoms with Gasteiger partial charge in [0.15, 0.2) is 0 Å². The van der Waals surface area contributed by atoms with E-state index >= 15 is 0 Å². The van der Waals surface area contributed by atoms with Gasteiger partial charge in [-0.2, -0.15) is 0 Å². The van der Waals surface area contributed by atoms with Gasteiger partial charge in [0.2, 0.25) is 5.91 Å². The second kappa shape index (κ2) is 54.0. The first-order chi connectivity index (χ1) is 33.0. The average Bonchev–Trinajstić information content (AvgIpc) is 3.32. The maximum Gasteiger partial charge on any atom is 0.306 e. The summed E-state index contributed by atoms with van der Waals surface area (Å²) >= 11 is 0. The Morgan fingerprint density at radius 3 is 1.28 bits per heavy atom. The zero-order valence-electron chi connectivity index (χ0n) is 44.0. The summed E-state index contributed by atoms with van der Waals surface area (Å²) in [5.74, 6) is -0.552. The van der Waals surface area contributed by atoms with Crippen LogP contribution in [0.2, 0.25) is 0 Å². The van der Waals surface area contributed by atoms with Crippen LogP contribution in [0.4, 0.5) is 0 Å². The molecule has 0 aromatic heterocycles. The van der Waals surface area contributed by atoms with Gasteiger partial charge >= 0.3 is 5.97 Å². The first kappa shape index (κ1) is 64.0. The number of allylic oxidation sites excluding steroid dienone is 14. The lowest BCUT2D eigenvalue weighted by Gasteiger charge is -2.24. The fourth-order valence-corrected chi connectivity index (χ4v) is 8.35. The van der Waals surface area contributed by atoms with Gasteiger partial charge in [-0.05, 0) is 64.2 Å². The first-order valence-electron chi connectivity index (χ1n) is 28.4. The Bertz CT molecular complexity index is 1280. The van der Waals surface area contributed by atoms with Gasteiger partial charge in [-0.25, -0.2) is 0 Å². The number of unbranched alkanes of at least 4 members (excludes halogenated alkanes) is 29. The third-order valence-electron chi connectivity index (χ3n) is 12.6. The molecule has 0 aliphatic carbocycles. The summed E-state index contributed by atoms with van der Waals surface area (Å²) in [4.78, 5) is 26.2. The molecule has 3 atom stereocenters. The predicted molar refractivity (Wildman–Crippen MR) is 291 cm³/mol. The zero-order valence-corrected chi connectivity index (χ0v) is 44.0. The highest BCUT2D eigenvalue weighted by Gasteiger charge is 2.24. The van der Waals surface area contributed by atoms with Crippen LogP contribution in [0.1, 0.15) is 265 Å². The highest BCUT2D eigenvalue weighted by molar-refractivity contribution is 5.77. The minimum absolute atomic E-state index is 0.0221. The minimum atomic E-state index is -0.813. The van der Waals surface area contributed by atoms with Crippen molar-refractivity contribution in [1.82, 2.24) is 5.32 Å². The molecule has 0 radical (unpaired) electrons. The number of rotatable bonds is 50. The van der Waals surface area contributed by atoms with Crippen LogP contribution in [0.5, 0.6) is 0 Å². The van der Waals surface area contributed by atoms with Gasteiger partial charge in [-0.3, -0.25) is 9.59 Å². The Labute approximate surface area is 414 Å². The summed E-state index contributed by atoms with van der Waals surface area (Å²) in [6.07, 6.45) is 70.8. The van der Waals surface area contributed by atoms with E-state index in [9.17, 15) is 19.8 Å². The standard InChI is InChI=1S/C61H107NO5/c1-4-7-10-13-16-19-22-25-28-30-33-36-39-42-45-48-51-54-61(66)67-57(52-49-46-43-40-37-34-31-27-24-21-18-15-12-9-6-3)55-60(65)62-58(56-63)59(64)53-50-47-44-41-38-35-32-29-26-23-20-17-14-11-8-5-2/h9,12,15,18,21,24-25,27-28,31,34,37,40,43,57-59,63-64H,4-8,10-11,13-14,16-17,19-20,22-23,26,29-30,32-33,35-36,38-39,41-42,44-56H2,1-3H3,(H,62,65)/b12-9-,18-15+,24-21+,28-25+,31-27-,37-34+,43-40+. The molecule has 0 spiro atoms. The monoisotopic (exact) mass is 934 g/mol. The Morgan fingerprint density at radius 2 is 0.836 bits per heavy atom. The zero-order chi connectivity index (χ0) is 48.8. The maximum atomic E-state index is 13.2. The van der Waals surface area contributed by atoms with E-state index in [1.165, 1.54) is 161 Å². The van der Waals surface area contributed by atoms with Crippen LogP contribution in [0.15, 0.2) is 85.1 Å². The van der Waals surface area contributed by atoms with Gasteiger partial charge in [0, 0.05) is 6.42 Å². The molecule has 0 rings (SSSR count). The van der Waals surface area contributed by atoms with E-state index in [-0.39, 0.29) is 24.9 Å². The number of esters is 1. The highest BCUT2D eigenvalue weighted by atomic mass is 16.5. The maximum absolute atomic E-state index is 13.2. The van der Waals surface area contributed by atoms with Crippen molar-refractivity contribution in [2.75, 3.05) is 6.61 Å². The third kappa shape index (κ3) is 49.3. The lowest BCUT2D eigenvalue weighted by molar-refractivity contribution is -0.151. The van der Waals surface area contributed by atoms with E-state index in [4.69, 9.17) is 4.74 Å². The number of nitrogens with one attached hydrogen (secondary N) is 1. The summed E-state index contributed by atoms with van der Waals surface area (Å²) in [6.45, 7) is 6.33. The number of ether oxygens (including phenoxy) is 1. The molecule has 3 unspecified atom stereocenters. The van der Waals surface area contributed by atoms with E-state index in [1.807, 2.05) is 60.8 Å². The van der Waals surface area contributed by atoms with Crippen LogP contribution in [0, 0.1) is 0 Å². The SMILES string of the molecule is CC\C=C/C=C/C=C/C=C\C=C\C=C\CCCC(CC(=O)NC(CO)C(O)CCCCCCCCCCCCCCCCCC)OC(=O)CCCCCCCCC/C=C/CCCCCCCC. The molecule has 6 nitrogen and oxygen atoms in total. The molecule has 6 heteroatoms. The molecule has 67 heavy (non-hydrogen) atoms. The largest absolute Gasteiger partial charge is 0.462 e. The van der Waals surface area contributed by atoms with Crippen LogP contribution < -0.4 is 5.32 Å². The molecule has 386 valence electrons. The molecule has 0 aromatic carbocycles. The molecule has 0 aliphatic rings. The number of carbonyl (C=O) groups is 2. The van der Waals surface area contributed by atoms with Crippen molar-refractivity contribution in [3.05, 3.63) is 85.1 Å². The summed E-state index contributed by atoms with van der Waals surface area (Å²) in [5, 5.41) is 23.8. The number of aliphatic hydroxyl groups excluding tert-OH is 2. The summed E-state index contributed by atoms with van der Waals surface area (Å²) in [5.41, 5.74) is 0. The van der Waals surface area contributed by atoms with Gasteiger partial charge in [-0.15, -0.1) is 0 Å². The molecule has 0 saturated carbocycles. The van der Waals surface area contributed by atoms with Crippen molar-refractivity contribution >= 4 is 11.9 Å².